The van der Waals surface area contributed by atoms with Gasteiger partial charge < -0.3 is 9.72 Å². The molecule has 3 aromatic rings. The molecule has 0 radical (unpaired) electrons. The molecule has 1 N–H and O–H groups in total. The van der Waals surface area contributed by atoms with Crippen molar-refractivity contribution in [3.05, 3.63) is 66.9 Å². The van der Waals surface area contributed by atoms with E-state index in [-0.39, 0.29) is 0 Å². The fraction of sp³-hybridized carbons (Fsp3) is 0.0588. The second-order valence-corrected chi connectivity index (χ2v) is 4.40. The first kappa shape index (κ1) is 11.6. The molecule has 0 unspecified atom stereocenters. The number of aromatic nitrogens is 1. The van der Waals surface area contributed by atoms with Gasteiger partial charge in [0.25, 0.3) is 0 Å². The maximum atomic E-state index is 5.17. The third-order valence-corrected chi connectivity index (χ3v) is 3.19. The van der Waals surface area contributed by atoms with Gasteiger partial charge in [-0.15, -0.1) is 0 Å². The van der Waals surface area contributed by atoms with Gasteiger partial charge in [0.15, 0.2) is 0 Å². The van der Waals surface area contributed by atoms with Crippen molar-refractivity contribution in [2.45, 2.75) is 0 Å². The van der Waals surface area contributed by atoms with Crippen molar-refractivity contribution in [3.63, 3.8) is 0 Å². The Kier molecular flexibility index (Phi) is 3.07. The van der Waals surface area contributed by atoms with Gasteiger partial charge in [-0.25, -0.2) is 0 Å². The molecule has 2 aromatic carbocycles. The molecule has 0 aliphatic carbocycles. The second-order valence-electron chi connectivity index (χ2n) is 4.40. The minimum absolute atomic E-state index is 0.874. The normalized spacial score (nSPS) is 10.4. The van der Waals surface area contributed by atoms with E-state index in [2.05, 4.69) is 47.4 Å². The standard InChI is InChI=1S/C17H15NO/c1-19-16-9-7-14(8-10-16)17-11-15(12-18-17)13-5-3-2-4-6-13/h2-12,18H,1H3. The van der Waals surface area contributed by atoms with Gasteiger partial charge in [0.1, 0.15) is 5.75 Å². The van der Waals surface area contributed by atoms with Crippen LogP contribution in [0.2, 0.25) is 0 Å². The number of benzene rings is 2. The first-order valence-electron chi connectivity index (χ1n) is 6.25. The molecule has 0 saturated heterocycles. The number of methoxy groups -OCH3 is 1. The molecule has 2 heteroatoms. The first-order valence-corrected chi connectivity index (χ1v) is 6.25. The van der Waals surface area contributed by atoms with E-state index in [1.54, 1.807) is 7.11 Å². The minimum Gasteiger partial charge on any atom is -0.497 e. The maximum absolute atomic E-state index is 5.17. The Hall–Kier alpha value is -2.48. The third-order valence-electron chi connectivity index (χ3n) is 3.19. The summed E-state index contributed by atoms with van der Waals surface area (Å²) in [6.45, 7) is 0. The van der Waals surface area contributed by atoms with Crippen LogP contribution in [0.1, 0.15) is 0 Å². The van der Waals surface area contributed by atoms with E-state index < -0.39 is 0 Å². The van der Waals surface area contributed by atoms with Crippen LogP contribution >= 0.6 is 0 Å². The van der Waals surface area contributed by atoms with E-state index in [1.807, 2.05) is 24.4 Å². The number of ether oxygens (including phenoxy) is 1. The number of hydrogen-bond donors (Lipinski definition) is 1. The van der Waals surface area contributed by atoms with Crippen molar-refractivity contribution < 1.29 is 4.74 Å². The van der Waals surface area contributed by atoms with Crippen LogP contribution in [0.25, 0.3) is 22.4 Å². The molecule has 0 saturated carbocycles. The summed E-state index contributed by atoms with van der Waals surface area (Å²) in [6.07, 6.45) is 2.04. The molecule has 0 spiro atoms. The molecule has 1 aromatic heterocycles. The zero-order chi connectivity index (χ0) is 13.1. The molecule has 2 nitrogen and oxygen atoms in total. The van der Waals surface area contributed by atoms with Gasteiger partial charge in [-0.3, -0.25) is 0 Å². The van der Waals surface area contributed by atoms with Crippen molar-refractivity contribution in [2.24, 2.45) is 0 Å². The summed E-state index contributed by atoms with van der Waals surface area (Å²) in [5.41, 5.74) is 4.69. The van der Waals surface area contributed by atoms with Crippen molar-refractivity contribution >= 4 is 0 Å². The Bertz CT molecular complexity index is 653. The van der Waals surface area contributed by atoms with Gasteiger partial charge >= 0.3 is 0 Å². The van der Waals surface area contributed by atoms with E-state index in [0.29, 0.717) is 0 Å². The van der Waals surface area contributed by atoms with Gasteiger partial charge in [-0.05, 0) is 47.0 Å². The molecule has 0 atom stereocenters. The van der Waals surface area contributed by atoms with Gasteiger partial charge in [0.2, 0.25) is 0 Å². The molecular formula is C17H15NO. The molecule has 1 heterocycles. The molecule has 3 rings (SSSR count). The highest BCUT2D eigenvalue weighted by atomic mass is 16.5. The van der Waals surface area contributed by atoms with Gasteiger partial charge in [0.05, 0.1) is 7.11 Å². The van der Waals surface area contributed by atoms with Crippen LogP contribution in [0, 0.1) is 0 Å². The van der Waals surface area contributed by atoms with Gasteiger partial charge in [-0.1, -0.05) is 30.3 Å². The van der Waals surface area contributed by atoms with Gasteiger partial charge in [0, 0.05) is 11.9 Å². The van der Waals surface area contributed by atoms with E-state index >= 15 is 0 Å². The van der Waals surface area contributed by atoms with E-state index in [1.165, 1.54) is 11.1 Å². The Morgan fingerprint density at radius 3 is 2.21 bits per heavy atom. The van der Waals surface area contributed by atoms with Crippen molar-refractivity contribution in [3.8, 4) is 28.1 Å². The van der Waals surface area contributed by atoms with E-state index in [0.717, 1.165) is 17.0 Å². The topological polar surface area (TPSA) is 25.0 Å². The first-order chi connectivity index (χ1) is 9.36. The zero-order valence-corrected chi connectivity index (χ0v) is 10.8. The summed E-state index contributed by atoms with van der Waals surface area (Å²) in [4.78, 5) is 3.32. The van der Waals surface area contributed by atoms with Crippen LogP contribution in [0.15, 0.2) is 66.9 Å². The molecule has 19 heavy (non-hydrogen) atoms. The number of H-pyrrole nitrogens is 1. The number of hydrogen-bond acceptors (Lipinski definition) is 1. The van der Waals surface area contributed by atoms with Crippen LogP contribution in [0.4, 0.5) is 0 Å². The number of nitrogens with one attached hydrogen (secondary N) is 1. The Balaban J connectivity index is 1.92. The Morgan fingerprint density at radius 1 is 0.789 bits per heavy atom. The molecule has 0 aliphatic rings. The molecule has 0 bridgehead atoms. The van der Waals surface area contributed by atoms with Crippen LogP contribution in [0.3, 0.4) is 0 Å². The van der Waals surface area contributed by atoms with E-state index in [9.17, 15) is 0 Å². The average molecular weight is 249 g/mol. The highest BCUT2D eigenvalue weighted by Crippen LogP contribution is 2.26. The summed E-state index contributed by atoms with van der Waals surface area (Å²) in [6, 6.07) is 20.6. The van der Waals surface area contributed by atoms with Crippen LogP contribution in [0.5, 0.6) is 5.75 Å². The SMILES string of the molecule is COc1ccc(-c2cc(-c3ccccc3)c[nH]2)cc1. The summed E-state index contributed by atoms with van der Waals surface area (Å²) >= 11 is 0. The summed E-state index contributed by atoms with van der Waals surface area (Å²) < 4.78 is 5.17. The maximum Gasteiger partial charge on any atom is 0.118 e. The smallest absolute Gasteiger partial charge is 0.118 e. The summed E-state index contributed by atoms with van der Waals surface area (Å²) in [5.74, 6) is 0.874. The Labute approximate surface area is 112 Å². The third kappa shape index (κ3) is 2.38. The van der Waals surface area contributed by atoms with Crippen molar-refractivity contribution in [1.29, 1.82) is 0 Å². The van der Waals surface area contributed by atoms with Crippen molar-refractivity contribution in [1.82, 2.24) is 4.98 Å². The predicted molar refractivity (Wildman–Crippen MR) is 78.2 cm³/mol. The molecule has 0 amide bonds. The molecular weight excluding hydrogens is 234 g/mol. The quantitative estimate of drug-likeness (QED) is 0.733. The fourth-order valence-corrected chi connectivity index (χ4v) is 2.13. The Morgan fingerprint density at radius 2 is 1.53 bits per heavy atom. The highest BCUT2D eigenvalue weighted by molar-refractivity contribution is 5.71. The van der Waals surface area contributed by atoms with Crippen LogP contribution in [-0.4, -0.2) is 12.1 Å². The number of rotatable bonds is 3. The van der Waals surface area contributed by atoms with Crippen LogP contribution in [-0.2, 0) is 0 Å². The lowest BCUT2D eigenvalue weighted by Crippen LogP contribution is -1.82. The molecule has 94 valence electrons. The molecule has 0 fully saturated rings. The number of aromatic amines is 1. The molecule has 0 aliphatic heterocycles. The zero-order valence-electron chi connectivity index (χ0n) is 10.8. The predicted octanol–water partition coefficient (Wildman–Crippen LogP) is 4.36. The lowest BCUT2D eigenvalue weighted by atomic mass is 10.1. The highest BCUT2D eigenvalue weighted by Gasteiger charge is 2.03. The lowest BCUT2D eigenvalue weighted by molar-refractivity contribution is 0.415. The minimum atomic E-state index is 0.874. The monoisotopic (exact) mass is 249 g/mol. The van der Waals surface area contributed by atoms with E-state index in [4.69, 9.17) is 4.74 Å². The summed E-state index contributed by atoms with van der Waals surface area (Å²) in [5, 5.41) is 0. The van der Waals surface area contributed by atoms with Gasteiger partial charge in [-0.2, -0.15) is 0 Å². The fourth-order valence-electron chi connectivity index (χ4n) is 2.13. The largest absolute Gasteiger partial charge is 0.497 e. The average Bonchev–Trinajstić information content (AvgIpc) is 2.98. The van der Waals surface area contributed by atoms with Crippen molar-refractivity contribution in [2.75, 3.05) is 7.11 Å². The second kappa shape index (κ2) is 5.02. The van der Waals surface area contributed by atoms with Crippen LogP contribution < -0.4 is 4.74 Å². The lowest BCUT2D eigenvalue weighted by Gasteiger charge is -2.01. The summed E-state index contributed by atoms with van der Waals surface area (Å²) in [7, 11) is 1.68.